The smallest absolute Gasteiger partial charge is 0.307 e. The lowest BCUT2D eigenvalue weighted by atomic mass is 10.1. The van der Waals surface area contributed by atoms with Crippen molar-refractivity contribution in [3.63, 3.8) is 0 Å². The second-order valence-electron chi connectivity index (χ2n) is 7.67. The van der Waals surface area contributed by atoms with Gasteiger partial charge >= 0.3 is 5.97 Å². The van der Waals surface area contributed by atoms with Crippen molar-refractivity contribution in [3.05, 3.63) is 65.7 Å². The van der Waals surface area contributed by atoms with E-state index >= 15 is 0 Å². The van der Waals surface area contributed by atoms with Gasteiger partial charge in [0.2, 0.25) is 10.0 Å². The van der Waals surface area contributed by atoms with E-state index in [0.717, 1.165) is 31.2 Å². The predicted octanol–water partition coefficient (Wildman–Crippen LogP) is 3.11. The molecule has 1 saturated carbocycles. The van der Waals surface area contributed by atoms with Crippen LogP contribution in [-0.2, 0) is 26.1 Å². The molecule has 0 saturated heterocycles. The quantitative estimate of drug-likeness (QED) is 0.600. The molecule has 2 aromatic rings. The van der Waals surface area contributed by atoms with Crippen LogP contribution in [0.25, 0.3) is 0 Å². The lowest BCUT2D eigenvalue weighted by molar-refractivity contribution is -0.140. The van der Waals surface area contributed by atoms with E-state index in [2.05, 4.69) is 4.72 Å². The normalized spacial score (nSPS) is 14.4. The monoisotopic (exact) mass is 444 g/mol. The van der Waals surface area contributed by atoms with Crippen molar-refractivity contribution < 1.29 is 22.7 Å². The average Bonchev–Trinajstić information content (AvgIpc) is 3.29. The molecule has 1 N–H and O–H groups in total. The summed E-state index contributed by atoms with van der Waals surface area (Å²) in [6.07, 6.45) is 3.74. The first-order valence-electron chi connectivity index (χ1n) is 10.4. The zero-order valence-electron chi connectivity index (χ0n) is 17.6. The Bertz CT molecular complexity index is 1000. The molecule has 1 amide bonds. The van der Waals surface area contributed by atoms with Crippen LogP contribution in [0.3, 0.4) is 0 Å². The van der Waals surface area contributed by atoms with Crippen LogP contribution < -0.4 is 4.72 Å². The van der Waals surface area contributed by atoms with Crippen molar-refractivity contribution in [1.29, 1.82) is 0 Å². The zero-order chi connectivity index (χ0) is 22.3. The summed E-state index contributed by atoms with van der Waals surface area (Å²) in [4.78, 5) is 26.5. The Balaban J connectivity index is 1.81. The molecule has 0 aliphatic heterocycles. The summed E-state index contributed by atoms with van der Waals surface area (Å²) in [5, 5.41) is 0. The average molecular weight is 445 g/mol. The van der Waals surface area contributed by atoms with Crippen molar-refractivity contribution in [2.24, 2.45) is 0 Å². The third-order valence-corrected chi connectivity index (χ3v) is 6.90. The number of benzene rings is 2. The molecule has 0 bridgehead atoms. The maximum absolute atomic E-state index is 13.2. The summed E-state index contributed by atoms with van der Waals surface area (Å²) >= 11 is 0. The summed E-state index contributed by atoms with van der Waals surface area (Å²) in [6, 6.07) is 15.4. The molecule has 7 nitrogen and oxygen atoms in total. The van der Waals surface area contributed by atoms with Crippen LogP contribution in [0.1, 0.15) is 48.0 Å². The molecule has 31 heavy (non-hydrogen) atoms. The Morgan fingerprint density at radius 3 is 2.45 bits per heavy atom. The van der Waals surface area contributed by atoms with Crippen molar-refractivity contribution in [1.82, 2.24) is 9.62 Å². The predicted molar refractivity (Wildman–Crippen MR) is 117 cm³/mol. The van der Waals surface area contributed by atoms with Crippen molar-refractivity contribution in [2.45, 2.75) is 49.6 Å². The first-order chi connectivity index (χ1) is 14.9. The number of carbonyl (C=O) groups is 2. The first kappa shape index (κ1) is 23.0. The second kappa shape index (κ2) is 10.5. The minimum atomic E-state index is -3.71. The largest absolute Gasteiger partial charge is 0.469 e. The van der Waals surface area contributed by atoms with Gasteiger partial charge in [0, 0.05) is 24.7 Å². The number of esters is 1. The number of nitrogens with zero attached hydrogens (tertiary/aromatic N) is 1. The minimum Gasteiger partial charge on any atom is -0.469 e. The van der Waals surface area contributed by atoms with Crippen molar-refractivity contribution in [2.75, 3.05) is 13.7 Å². The number of nitrogens with one attached hydrogen (secondary N) is 1. The number of ether oxygens (including phenoxy) is 1. The summed E-state index contributed by atoms with van der Waals surface area (Å²) < 4.78 is 33.0. The van der Waals surface area contributed by atoms with Crippen LogP contribution in [0, 0.1) is 0 Å². The van der Waals surface area contributed by atoms with Gasteiger partial charge in [0.05, 0.1) is 18.4 Å². The number of rotatable bonds is 9. The van der Waals surface area contributed by atoms with E-state index in [1.165, 1.54) is 24.1 Å². The topological polar surface area (TPSA) is 92.8 Å². The number of carbonyl (C=O) groups excluding carboxylic acids is 2. The lowest BCUT2D eigenvalue weighted by Gasteiger charge is -2.23. The summed E-state index contributed by atoms with van der Waals surface area (Å²) in [5.74, 6) is -0.756. The van der Waals surface area contributed by atoms with Gasteiger partial charge in [-0.15, -0.1) is 0 Å². The standard InChI is InChI=1S/C23H28N2O5S/c1-30-22(26)14-15-25(17-18-8-3-2-4-9-18)23(27)19-10-7-13-21(16-19)31(28,29)24-20-11-5-6-12-20/h2-4,7-10,13,16,20,24H,5-6,11-12,14-15,17H2,1H3. The molecule has 1 aliphatic rings. The van der Waals surface area contributed by atoms with E-state index in [0.29, 0.717) is 6.54 Å². The number of methoxy groups -OCH3 is 1. The minimum absolute atomic E-state index is 0.0519. The van der Waals surface area contributed by atoms with E-state index in [-0.39, 0.29) is 35.4 Å². The van der Waals surface area contributed by atoms with Crippen molar-refractivity contribution in [3.8, 4) is 0 Å². The van der Waals surface area contributed by atoms with Crippen LogP contribution in [0.5, 0.6) is 0 Å². The molecule has 166 valence electrons. The molecule has 0 atom stereocenters. The Morgan fingerprint density at radius 1 is 1.06 bits per heavy atom. The molecule has 0 aromatic heterocycles. The van der Waals surface area contributed by atoms with E-state index < -0.39 is 16.0 Å². The van der Waals surface area contributed by atoms with Gasteiger partial charge in [0.15, 0.2) is 0 Å². The fourth-order valence-corrected chi connectivity index (χ4v) is 5.04. The maximum atomic E-state index is 13.2. The molecule has 0 spiro atoms. The Hall–Kier alpha value is -2.71. The van der Waals surface area contributed by atoms with Crippen LogP contribution in [0.2, 0.25) is 0 Å². The highest BCUT2D eigenvalue weighted by Crippen LogP contribution is 2.21. The van der Waals surface area contributed by atoms with Crippen molar-refractivity contribution >= 4 is 21.9 Å². The lowest BCUT2D eigenvalue weighted by Crippen LogP contribution is -2.34. The van der Waals surface area contributed by atoms with E-state index in [4.69, 9.17) is 4.74 Å². The van der Waals surface area contributed by atoms with Crippen LogP contribution in [0.15, 0.2) is 59.5 Å². The third-order valence-electron chi connectivity index (χ3n) is 5.39. The Labute approximate surface area is 183 Å². The van der Waals surface area contributed by atoms with Gasteiger partial charge in [0.25, 0.3) is 5.91 Å². The zero-order valence-corrected chi connectivity index (χ0v) is 18.4. The molecule has 0 heterocycles. The molecule has 0 unspecified atom stereocenters. The maximum Gasteiger partial charge on any atom is 0.307 e. The van der Waals surface area contributed by atoms with Gasteiger partial charge in [-0.1, -0.05) is 49.2 Å². The third kappa shape index (κ3) is 6.38. The van der Waals surface area contributed by atoms with Crippen LogP contribution in [-0.4, -0.2) is 44.9 Å². The molecule has 0 radical (unpaired) electrons. The highest BCUT2D eigenvalue weighted by atomic mass is 32.2. The highest BCUT2D eigenvalue weighted by Gasteiger charge is 2.24. The van der Waals surface area contributed by atoms with Gasteiger partial charge in [0.1, 0.15) is 0 Å². The fraction of sp³-hybridized carbons (Fsp3) is 0.391. The molecule has 1 fully saturated rings. The Morgan fingerprint density at radius 2 is 1.77 bits per heavy atom. The second-order valence-corrected chi connectivity index (χ2v) is 9.38. The van der Waals surface area contributed by atoms with Gasteiger partial charge < -0.3 is 9.64 Å². The van der Waals surface area contributed by atoms with Crippen LogP contribution >= 0.6 is 0 Å². The Kier molecular flexibility index (Phi) is 7.81. The van der Waals surface area contributed by atoms with E-state index in [1.807, 2.05) is 30.3 Å². The summed E-state index contributed by atoms with van der Waals surface area (Å²) in [7, 11) is -2.41. The highest BCUT2D eigenvalue weighted by molar-refractivity contribution is 7.89. The number of amides is 1. The fourth-order valence-electron chi connectivity index (χ4n) is 3.69. The van der Waals surface area contributed by atoms with Gasteiger partial charge in [-0.3, -0.25) is 9.59 Å². The van der Waals surface area contributed by atoms with E-state index in [1.54, 1.807) is 12.1 Å². The van der Waals surface area contributed by atoms with Crippen LogP contribution in [0.4, 0.5) is 0 Å². The van der Waals surface area contributed by atoms with Gasteiger partial charge in [-0.05, 0) is 36.6 Å². The molecular weight excluding hydrogens is 416 g/mol. The van der Waals surface area contributed by atoms with Gasteiger partial charge in [-0.2, -0.15) is 0 Å². The first-order valence-corrected chi connectivity index (χ1v) is 11.9. The van der Waals surface area contributed by atoms with E-state index in [9.17, 15) is 18.0 Å². The number of hydrogen-bond donors (Lipinski definition) is 1. The molecule has 1 aliphatic carbocycles. The number of hydrogen-bond acceptors (Lipinski definition) is 5. The summed E-state index contributed by atoms with van der Waals surface area (Å²) in [6.45, 7) is 0.464. The molecule has 2 aromatic carbocycles. The summed E-state index contributed by atoms with van der Waals surface area (Å²) in [5.41, 5.74) is 1.17. The number of sulfonamides is 1. The SMILES string of the molecule is COC(=O)CCN(Cc1ccccc1)C(=O)c1cccc(S(=O)(=O)NC2CCCC2)c1. The molecule has 8 heteroatoms. The molecule has 3 rings (SSSR count). The van der Waals surface area contributed by atoms with Gasteiger partial charge in [-0.25, -0.2) is 13.1 Å². The molecular formula is C23H28N2O5S.